The molecule has 1 spiro atoms. The van der Waals surface area contributed by atoms with E-state index in [1.165, 1.54) is 18.4 Å². The largest absolute Gasteiger partial charge is 0.496 e. The maximum absolute atomic E-state index is 14.7. The Kier molecular flexibility index (Phi) is 12.5. The van der Waals surface area contributed by atoms with Crippen LogP contribution < -0.4 is 26.4 Å². The van der Waals surface area contributed by atoms with E-state index >= 15 is 0 Å². The first-order chi connectivity index (χ1) is 33.2. The number of hydrogen-bond donors (Lipinski definition) is 4. The first-order valence-electron chi connectivity index (χ1n) is 24.3. The summed E-state index contributed by atoms with van der Waals surface area (Å²) >= 11 is 1.35. The summed E-state index contributed by atoms with van der Waals surface area (Å²) in [4.78, 5) is 89.8. The average molecular weight is 957 g/mol. The highest BCUT2D eigenvalue weighted by Gasteiger charge is 2.49. The molecule has 3 aliphatic carbocycles. The minimum Gasteiger partial charge on any atom is -0.496 e. The number of rotatable bonds is 11. The molecule has 2 aromatic heterocycles. The zero-order valence-electron chi connectivity index (χ0n) is 39.1. The zero-order valence-corrected chi connectivity index (χ0v) is 39.9. The Hall–Kier alpha value is -6.25. The normalized spacial score (nSPS) is 28.8. The van der Waals surface area contributed by atoms with Gasteiger partial charge in [0.25, 0.3) is 23.6 Å². The molecule has 3 saturated carbocycles. The van der Waals surface area contributed by atoms with Crippen LogP contribution in [0.4, 0.5) is 10.1 Å². The molecule has 6 amide bonds. The minimum atomic E-state index is -1.57. The van der Waals surface area contributed by atoms with Gasteiger partial charge in [-0.2, -0.15) is 0 Å². The van der Waals surface area contributed by atoms with Gasteiger partial charge in [-0.1, -0.05) is 24.8 Å². The number of aromatic nitrogens is 2. The number of anilines is 1. The van der Waals surface area contributed by atoms with Crippen LogP contribution in [-0.4, -0.2) is 100 Å². The molecule has 0 bridgehead atoms. The van der Waals surface area contributed by atoms with Crippen molar-refractivity contribution in [3.8, 4) is 28.3 Å². The third-order valence-corrected chi connectivity index (χ3v) is 17.0. The molecule has 2 aromatic carbocycles. The number of ether oxygens (including phenoxy) is 1. The van der Waals surface area contributed by atoms with Crippen LogP contribution in [0.15, 0.2) is 42.7 Å². The Morgan fingerprint density at radius 1 is 1.00 bits per heavy atom. The second-order valence-electron chi connectivity index (χ2n) is 20.1. The van der Waals surface area contributed by atoms with Crippen molar-refractivity contribution >= 4 is 63.2 Å². The first-order valence-corrected chi connectivity index (χ1v) is 25.1. The standard InChI is InChI=1S/C52H57FN8O7S/c1-4-32-43(53)48(65)59-44(32)40-25-56-49(69-40)45-35-21-39(68-3)36(46(54)63)20-34(35)29(24-55-45)13-12-27-8-10-28(11-9-27)26-60(2)31-16-18-52(19-17-31)22-30(23-52)57-37-7-5-6-33-42(37)51(67)61(50(33)66)38-14-15-41(62)58-47(38)64/h5-7,20-21,24-25,27-28,30-32,38,43-44,57H,4,8-11,14-19,22-23,26H2,1-3H3,(H2,54,63)(H,59,65)(H,58,62,64)/t27?,28?,30?,31?,32-,38?,43+,44?,52?/m1/s1. The Balaban J connectivity index is 0.732. The Morgan fingerprint density at radius 3 is 2.48 bits per heavy atom. The number of hydrogen-bond acceptors (Lipinski definition) is 12. The third kappa shape index (κ3) is 8.64. The Bertz CT molecular complexity index is 2830. The SMILES string of the molecule is CC[C@H]1C(c2cnc(-c3ncc(C#CC4CCC(CN(C)C5CCC6(CC5)CC(Nc5cccc7c5C(=O)N(C5CCC(=O)NC5=O)C7=O)C6)CC4)c4cc(C(N)=O)c(OC)cc34)s2)NC(=O)[C@H]1F. The van der Waals surface area contributed by atoms with E-state index in [0.29, 0.717) is 62.4 Å². The molecular weight excluding hydrogens is 900 g/mol. The number of carbonyl (C=O) groups is 6. The number of thiazole rings is 1. The van der Waals surface area contributed by atoms with Gasteiger partial charge in [-0.25, -0.2) is 9.37 Å². The number of nitrogens with one attached hydrogen (secondary N) is 3. The molecule has 69 heavy (non-hydrogen) atoms. The van der Waals surface area contributed by atoms with Crippen LogP contribution >= 0.6 is 11.3 Å². The number of methoxy groups -OCH3 is 1. The van der Waals surface area contributed by atoms with Crippen molar-refractivity contribution < 1.29 is 37.9 Å². The lowest BCUT2D eigenvalue weighted by molar-refractivity contribution is -0.136. The molecule has 360 valence electrons. The molecular formula is C52H57FN8O7S. The van der Waals surface area contributed by atoms with Gasteiger partial charge in [-0.05, 0) is 120 Å². The Morgan fingerprint density at radius 2 is 1.77 bits per heavy atom. The number of halogens is 1. The van der Waals surface area contributed by atoms with Gasteiger partial charge < -0.3 is 26.0 Å². The van der Waals surface area contributed by atoms with E-state index in [1.54, 1.807) is 36.7 Å². The molecule has 5 N–H and O–H groups in total. The fourth-order valence-corrected chi connectivity index (χ4v) is 13.2. The number of amides is 6. The smallest absolute Gasteiger partial charge is 0.264 e. The van der Waals surface area contributed by atoms with E-state index in [9.17, 15) is 33.2 Å². The fourth-order valence-electron chi connectivity index (χ4n) is 12.1. The van der Waals surface area contributed by atoms with Gasteiger partial charge in [0.15, 0.2) is 6.17 Å². The van der Waals surface area contributed by atoms with Gasteiger partial charge >= 0.3 is 0 Å². The zero-order chi connectivity index (χ0) is 48.3. The number of benzene rings is 2. The molecule has 4 atom stereocenters. The maximum Gasteiger partial charge on any atom is 0.264 e. The third-order valence-electron chi connectivity index (χ3n) is 16.0. The molecule has 2 saturated heterocycles. The highest BCUT2D eigenvalue weighted by Crippen LogP contribution is 2.53. The Labute approximate surface area is 403 Å². The molecule has 3 aliphatic heterocycles. The van der Waals surface area contributed by atoms with Crippen LogP contribution in [0.2, 0.25) is 0 Å². The number of pyridine rings is 1. The summed E-state index contributed by atoms with van der Waals surface area (Å²) in [5, 5.41) is 10.6. The summed E-state index contributed by atoms with van der Waals surface area (Å²) in [5.74, 6) is 4.35. The number of nitrogens with two attached hydrogens (primary N) is 1. The van der Waals surface area contributed by atoms with Gasteiger partial charge in [-0.15, -0.1) is 11.3 Å². The van der Waals surface area contributed by atoms with E-state index in [4.69, 9.17) is 15.5 Å². The first kappa shape index (κ1) is 46.5. The van der Waals surface area contributed by atoms with Crippen LogP contribution in [0.3, 0.4) is 0 Å². The van der Waals surface area contributed by atoms with Crippen molar-refractivity contribution in [1.29, 1.82) is 0 Å². The van der Waals surface area contributed by atoms with Crippen molar-refractivity contribution in [2.45, 2.75) is 121 Å². The lowest BCUT2D eigenvalue weighted by atomic mass is 9.57. The quantitative estimate of drug-likeness (QED) is 0.0920. The van der Waals surface area contributed by atoms with E-state index in [1.807, 2.05) is 13.0 Å². The molecule has 0 radical (unpaired) electrons. The van der Waals surface area contributed by atoms with Gasteiger partial charge in [-0.3, -0.25) is 44.0 Å². The second-order valence-corrected chi connectivity index (χ2v) is 21.2. The molecule has 5 heterocycles. The van der Waals surface area contributed by atoms with E-state index < -0.39 is 59.6 Å². The number of imide groups is 2. The van der Waals surface area contributed by atoms with E-state index in [2.05, 4.69) is 44.7 Å². The summed E-state index contributed by atoms with van der Waals surface area (Å²) in [6.45, 7) is 2.92. The molecule has 5 fully saturated rings. The maximum atomic E-state index is 14.7. The van der Waals surface area contributed by atoms with Crippen molar-refractivity contribution in [2.24, 2.45) is 28.9 Å². The predicted octanol–water partition coefficient (Wildman–Crippen LogP) is 6.70. The van der Waals surface area contributed by atoms with E-state index in [-0.39, 0.29) is 41.3 Å². The van der Waals surface area contributed by atoms with Crippen LogP contribution in [0.1, 0.15) is 138 Å². The molecule has 6 aliphatic rings. The van der Waals surface area contributed by atoms with Crippen molar-refractivity contribution in [3.63, 3.8) is 0 Å². The molecule has 10 rings (SSSR count). The number of fused-ring (bicyclic) bond motifs is 2. The van der Waals surface area contributed by atoms with Crippen LogP contribution in [0.25, 0.3) is 21.5 Å². The highest BCUT2D eigenvalue weighted by atomic mass is 32.1. The lowest BCUT2D eigenvalue weighted by Crippen LogP contribution is -2.54. The van der Waals surface area contributed by atoms with Crippen molar-refractivity contribution in [1.82, 2.24) is 30.4 Å². The van der Waals surface area contributed by atoms with Gasteiger partial charge in [0.2, 0.25) is 11.8 Å². The fraction of sp³-hybridized carbons (Fsp3) is 0.500. The van der Waals surface area contributed by atoms with Gasteiger partial charge in [0.05, 0.1) is 35.4 Å². The summed E-state index contributed by atoms with van der Waals surface area (Å²) in [6, 6.07) is 7.94. The highest BCUT2D eigenvalue weighted by molar-refractivity contribution is 7.15. The number of primary amides is 1. The number of carbonyl (C=O) groups excluding carboxylic acids is 6. The molecule has 4 aromatic rings. The molecule has 17 heteroatoms. The summed E-state index contributed by atoms with van der Waals surface area (Å²) in [5.41, 5.74) is 8.77. The summed E-state index contributed by atoms with van der Waals surface area (Å²) in [6.07, 6.45) is 13.3. The van der Waals surface area contributed by atoms with Crippen molar-refractivity contribution in [2.75, 3.05) is 26.0 Å². The second kappa shape index (κ2) is 18.6. The lowest BCUT2D eigenvalue weighted by Gasteiger charge is -2.53. The topological polar surface area (TPSA) is 206 Å². The molecule has 15 nitrogen and oxygen atoms in total. The number of alkyl halides is 1. The monoisotopic (exact) mass is 956 g/mol. The number of nitrogens with zero attached hydrogens (tertiary/aromatic N) is 4. The van der Waals surface area contributed by atoms with Gasteiger partial charge in [0.1, 0.15) is 22.5 Å². The predicted molar refractivity (Wildman–Crippen MR) is 257 cm³/mol. The van der Waals surface area contributed by atoms with Crippen LogP contribution in [0.5, 0.6) is 5.75 Å². The number of piperidine rings is 1. The van der Waals surface area contributed by atoms with Gasteiger partial charge in [0, 0.05) is 70.6 Å². The summed E-state index contributed by atoms with van der Waals surface area (Å²) < 4.78 is 20.3. The minimum absolute atomic E-state index is 0.0819. The average Bonchev–Trinajstić information content (AvgIpc) is 4.01. The molecule has 2 unspecified atom stereocenters. The van der Waals surface area contributed by atoms with Crippen LogP contribution in [0, 0.1) is 35.0 Å². The van der Waals surface area contributed by atoms with E-state index in [0.717, 1.165) is 80.5 Å². The summed E-state index contributed by atoms with van der Waals surface area (Å²) in [7, 11) is 3.75. The van der Waals surface area contributed by atoms with Crippen molar-refractivity contribution in [3.05, 3.63) is 69.9 Å². The van der Waals surface area contributed by atoms with Crippen LogP contribution in [-0.2, 0) is 14.4 Å².